The van der Waals surface area contributed by atoms with Gasteiger partial charge in [-0.2, -0.15) is 0 Å². The molecule has 2 aromatic rings. The maximum absolute atomic E-state index is 12.3. The molecular weight excluding hydrogens is 300 g/mol. The Kier molecular flexibility index (Phi) is 5.04. The molecule has 0 aromatic heterocycles. The minimum atomic E-state index is -0.00260. The van der Waals surface area contributed by atoms with Crippen LogP contribution in [0.1, 0.15) is 24.0 Å². The summed E-state index contributed by atoms with van der Waals surface area (Å²) in [7, 11) is 1.64. The molecule has 24 heavy (non-hydrogen) atoms. The number of ether oxygens (including phenoxy) is 1. The number of hydrogen-bond donors (Lipinski definition) is 1. The van der Waals surface area contributed by atoms with Gasteiger partial charge >= 0.3 is 0 Å². The first kappa shape index (κ1) is 16.4. The number of carbonyl (C=O) groups is 1. The molecule has 1 N–H and O–H groups in total. The van der Waals surface area contributed by atoms with Crippen LogP contribution in [-0.2, 0) is 11.2 Å². The van der Waals surface area contributed by atoms with Gasteiger partial charge in [0.25, 0.3) is 0 Å². The molecule has 0 aliphatic carbocycles. The number of nitrogens with zero attached hydrogens (tertiary/aromatic N) is 1. The minimum absolute atomic E-state index is 0.00260. The molecule has 0 saturated carbocycles. The number of methoxy groups -OCH3 is 1. The van der Waals surface area contributed by atoms with Crippen LogP contribution in [0.25, 0.3) is 0 Å². The van der Waals surface area contributed by atoms with Gasteiger partial charge in [-0.1, -0.05) is 12.1 Å². The van der Waals surface area contributed by atoms with Crippen molar-refractivity contribution in [3.05, 3.63) is 53.6 Å². The van der Waals surface area contributed by atoms with Crippen molar-refractivity contribution in [2.24, 2.45) is 0 Å². The molecule has 0 atom stereocenters. The van der Waals surface area contributed by atoms with Crippen molar-refractivity contribution < 1.29 is 9.53 Å². The molecule has 0 unspecified atom stereocenters. The number of hydrogen-bond acceptors (Lipinski definition) is 3. The average Bonchev–Trinajstić information content (AvgIpc) is 3.12. The van der Waals surface area contributed by atoms with Crippen LogP contribution >= 0.6 is 0 Å². The first-order valence-corrected chi connectivity index (χ1v) is 8.44. The van der Waals surface area contributed by atoms with Crippen LogP contribution in [0, 0.1) is 6.92 Å². The van der Waals surface area contributed by atoms with Gasteiger partial charge in [-0.25, -0.2) is 0 Å². The van der Waals surface area contributed by atoms with Crippen LogP contribution < -0.4 is 15.0 Å². The number of carbonyl (C=O) groups excluding carboxylic acids is 1. The van der Waals surface area contributed by atoms with Crippen LogP contribution in [0.3, 0.4) is 0 Å². The Morgan fingerprint density at radius 3 is 2.46 bits per heavy atom. The first-order valence-electron chi connectivity index (χ1n) is 8.44. The van der Waals surface area contributed by atoms with E-state index >= 15 is 0 Å². The quantitative estimate of drug-likeness (QED) is 0.910. The highest BCUT2D eigenvalue weighted by molar-refractivity contribution is 5.93. The highest BCUT2D eigenvalue weighted by Gasteiger charge is 2.13. The number of rotatable bonds is 5. The Balaban J connectivity index is 1.63. The third-order valence-electron chi connectivity index (χ3n) is 4.48. The van der Waals surface area contributed by atoms with E-state index < -0.39 is 0 Å². The maximum Gasteiger partial charge on any atom is 0.228 e. The van der Waals surface area contributed by atoms with E-state index in [0.717, 1.165) is 35.7 Å². The summed E-state index contributed by atoms with van der Waals surface area (Å²) in [6.07, 6.45) is 2.89. The zero-order valence-electron chi connectivity index (χ0n) is 14.3. The van der Waals surface area contributed by atoms with Gasteiger partial charge in [-0.05, 0) is 61.2 Å². The molecular formula is C20H24N2O2. The molecule has 1 aliphatic heterocycles. The summed E-state index contributed by atoms with van der Waals surface area (Å²) in [5, 5.41) is 3.02. The van der Waals surface area contributed by atoms with E-state index in [9.17, 15) is 4.79 Å². The molecule has 3 rings (SSSR count). The van der Waals surface area contributed by atoms with Gasteiger partial charge in [0.15, 0.2) is 0 Å². The van der Waals surface area contributed by atoms with Gasteiger partial charge in [0.1, 0.15) is 5.75 Å². The van der Waals surface area contributed by atoms with Crippen LogP contribution in [0.5, 0.6) is 5.75 Å². The minimum Gasteiger partial charge on any atom is -0.497 e. The van der Waals surface area contributed by atoms with E-state index in [1.54, 1.807) is 7.11 Å². The van der Waals surface area contributed by atoms with Crippen molar-refractivity contribution in [1.29, 1.82) is 0 Å². The Hall–Kier alpha value is -2.49. The first-order chi connectivity index (χ1) is 11.7. The lowest BCUT2D eigenvalue weighted by atomic mass is 10.1. The molecule has 1 heterocycles. The fourth-order valence-electron chi connectivity index (χ4n) is 3.08. The monoisotopic (exact) mass is 324 g/mol. The van der Waals surface area contributed by atoms with Crippen molar-refractivity contribution in [2.45, 2.75) is 26.2 Å². The smallest absolute Gasteiger partial charge is 0.228 e. The van der Waals surface area contributed by atoms with Crippen LogP contribution in [0.4, 0.5) is 11.4 Å². The maximum atomic E-state index is 12.3. The van der Waals surface area contributed by atoms with Gasteiger partial charge < -0.3 is 15.0 Å². The molecule has 126 valence electrons. The van der Waals surface area contributed by atoms with Gasteiger partial charge in [-0.3, -0.25) is 4.79 Å². The topological polar surface area (TPSA) is 41.6 Å². The van der Waals surface area contributed by atoms with E-state index in [0.29, 0.717) is 6.42 Å². The van der Waals surface area contributed by atoms with Gasteiger partial charge in [-0.15, -0.1) is 0 Å². The third-order valence-corrected chi connectivity index (χ3v) is 4.48. The fourth-order valence-corrected chi connectivity index (χ4v) is 3.08. The summed E-state index contributed by atoms with van der Waals surface area (Å²) in [6.45, 7) is 4.30. The van der Waals surface area contributed by atoms with Crippen LogP contribution in [0.2, 0.25) is 0 Å². The third kappa shape index (κ3) is 3.88. The Bertz CT molecular complexity index is 704. The average molecular weight is 324 g/mol. The van der Waals surface area contributed by atoms with Gasteiger partial charge in [0.2, 0.25) is 5.91 Å². The summed E-state index contributed by atoms with van der Waals surface area (Å²) in [5.74, 6) is 0.796. The molecule has 4 heteroatoms. The van der Waals surface area contributed by atoms with Crippen molar-refractivity contribution >= 4 is 17.3 Å². The molecule has 1 saturated heterocycles. The lowest BCUT2D eigenvalue weighted by Crippen LogP contribution is -2.18. The second-order valence-electron chi connectivity index (χ2n) is 6.27. The Labute approximate surface area is 143 Å². The van der Waals surface area contributed by atoms with Gasteiger partial charge in [0, 0.05) is 24.5 Å². The lowest BCUT2D eigenvalue weighted by molar-refractivity contribution is -0.115. The summed E-state index contributed by atoms with van der Waals surface area (Å²) in [5.41, 5.74) is 4.21. The second-order valence-corrected chi connectivity index (χ2v) is 6.27. The SMILES string of the molecule is COc1ccc(CC(=O)Nc2ccc(N3CCCC3)cc2C)cc1. The number of benzene rings is 2. The summed E-state index contributed by atoms with van der Waals surface area (Å²) in [4.78, 5) is 14.7. The van der Waals surface area contributed by atoms with Crippen molar-refractivity contribution in [2.75, 3.05) is 30.4 Å². The Morgan fingerprint density at radius 1 is 1.12 bits per heavy atom. The number of anilines is 2. The highest BCUT2D eigenvalue weighted by Crippen LogP contribution is 2.25. The van der Waals surface area contributed by atoms with E-state index in [-0.39, 0.29) is 5.91 Å². The summed E-state index contributed by atoms with van der Waals surface area (Å²) < 4.78 is 5.13. The number of amides is 1. The van der Waals surface area contributed by atoms with E-state index in [1.807, 2.05) is 37.3 Å². The molecule has 4 nitrogen and oxygen atoms in total. The van der Waals surface area contributed by atoms with E-state index in [4.69, 9.17) is 4.74 Å². The fraction of sp³-hybridized carbons (Fsp3) is 0.350. The normalized spacial score (nSPS) is 13.8. The van der Waals surface area contributed by atoms with E-state index in [2.05, 4.69) is 22.3 Å². The molecule has 0 radical (unpaired) electrons. The zero-order chi connectivity index (χ0) is 16.9. The predicted octanol–water partition coefficient (Wildman–Crippen LogP) is 3.79. The predicted molar refractivity (Wildman–Crippen MR) is 98.0 cm³/mol. The standard InChI is InChI=1S/C20H24N2O2/c1-15-13-17(22-11-3-4-12-22)7-10-19(15)21-20(23)14-16-5-8-18(24-2)9-6-16/h5-10,13H,3-4,11-12,14H2,1-2H3,(H,21,23). The lowest BCUT2D eigenvalue weighted by Gasteiger charge is -2.19. The molecule has 1 aliphatic rings. The highest BCUT2D eigenvalue weighted by atomic mass is 16.5. The van der Waals surface area contributed by atoms with E-state index in [1.165, 1.54) is 18.5 Å². The summed E-state index contributed by atoms with van der Waals surface area (Å²) >= 11 is 0. The zero-order valence-corrected chi connectivity index (χ0v) is 14.3. The molecule has 2 aromatic carbocycles. The largest absolute Gasteiger partial charge is 0.497 e. The molecule has 0 bridgehead atoms. The van der Waals surface area contributed by atoms with Crippen molar-refractivity contribution in [3.63, 3.8) is 0 Å². The number of aryl methyl sites for hydroxylation is 1. The summed E-state index contributed by atoms with van der Waals surface area (Å²) in [6, 6.07) is 13.9. The van der Waals surface area contributed by atoms with Crippen LogP contribution in [0.15, 0.2) is 42.5 Å². The van der Waals surface area contributed by atoms with Crippen molar-refractivity contribution in [3.8, 4) is 5.75 Å². The van der Waals surface area contributed by atoms with Crippen LogP contribution in [-0.4, -0.2) is 26.1 Å². The Morgan fingerprint density at radius 2 is 1.83 bits per heavy atom. The van der Waals surface area contributed by atoms with Gasteiger partial charge in [0.05, 0.1) is 13.5 Å². The number of nitrogens with one attached hydrogen (secondary N) is 1. The molecule has 1 fully saturated rings. The molecule has 1 amide bonds. The molecule has 0 spiro atoms. The van der Waals surface area contributed by atoms with Crippen molar-refractivity contribution in [1.82, 2.24) is 0 Å². The second kappa shape index (κ2) is 7.39.